The minimum Gasteiger partial charge on any atom is -0.383 e. The third kappa shape index (κ3) is 2.15. The molecule has 0 unspecified atom stereocenters. The lowest BCUT2D eigenvalue weighted by molar-refractivity contribution is 0.223. The maximum atomic E-state index is 10.2. The second-order valence-corrected chi connectivity index (χ2v) is 4.97. The van der Waals surface area contributed by atoms with Gasteiger partial charge in [0.15, 0.2) is 0 Å². The SMILES string of the molecule is Cc1ccc([C@H](O)c2cc(C)ns2)c(C)c1. The number of nitrogens with zero attached hydrogens (tertiary/aromatic N) is 1. The van der Waals surface area contributed by atoms with Gasteiger partial charge in [-0.05, 0) is 49.5 Å². The van der Waals surface area contributed by atoms with Crippen LogP contribution in [-0.2, 0) is 0 Å². The molecule has 0 radical (unpaired) electrons. The molecule has 3 heteroatoms. The Kier molecular flexibility index (Phi) is 3.08. The van der Waals surface area contributed by atoms with Crippen LogP contribution in [0.2, 0.25) is 0 Å². The summed E-state index contributed by atoms with van der Waals surface area (Å²) in [5.74, 6) is 0. The molecule has 84 valence electrons. The van der Waals surface area contributed by atoms with Crippen LogP contribution in [-0.4, -0.2) is 9.48 Å². The van der Waals surface area contributed by atoms with Crippen LogP contribution in [0.1, 0.15) is 33.4 Å². The predicted octanol–water partition coefficient (Wildman–Crippen LogP) is 3.15. The lowest BCUT2D eigenvalue weighted by atomic mass is 10.0. The number of aryl methyl sites for hydroxylation is 3. The fourth-order valence-corrected chi connectivity index (χ4v) is 2.55. The molecule has 0 aliphatic heterocycles. The van der Waals surface area contributed by atoms with Gasteiger partial charge in [0, 0.05) is 0 Å². The Balaban J connectivity index is 2.37. The van der Waals surface area contributed by atoms with Gasteiger partial charge in [-0.15, -0.1) is 0 Å². The molecule has 0 saturated carbocycles. The number of aliphatic hydroxyl groups is 1. The summed E-state index contributed by atoms with van der Waals surface area (Å²) in [7, 11) is 0. The summed E-state index contributed by atoms with van der Waals surface area (Å²) >= 11 is 1.37. The van der Waals surface area contributed by atoms with Gasteiger partial charge in [0.1, 0.15) is 6.10 Å². The summed E-state index contributed by atoms with van der Waals surface area (Å²) < 4.78 is 4.19. The zero-order valence-electron chi connectivity index (χ0n) is 9.69. The number of benzene rings is 1. The topological polar surface area (TPSA) is 33.1 Å². The molecule has 1 atom stereocenters. The molecule has 0 fully saturated rings. The van der Waals surface area contributed by atoms with Gasteiger partial charge in [-0.1, -0.05) is 23.8 Å². The lowest BCUT2D eigenvalue weighted by Gasteiger charge is -2.12. The van der Waals surface area contributed by atoms with E-state index in [4.69, 9.17) is 0 Å². The summed E-state index contributed by atoms with van der Waals surface area (Å²) in [6.07, 6.45) is -0.549. The quantitative estimate of drug-likeness (QED) is 0.864. The van der Waals surface area contributed by atoms with Crippen LogP contribution in [0.25, 0.3) is 0 Å². The molecule has 2 rings (SSSR count). The molecule has 2 aromatic rings. The summed E-state index contributed by atoms with van der Waals surface area (Å²) in [5, 5.41) is 10.2. The molecule has 0 saturated heterocycles. The first kappa shape index (κ1) is 11.3. The van der Waals surface area contributed by atoms with E-state index in [0.29, 0.717) is 0 Å². The maximum absolute atomic E-state index is 10.2. The van der Waals surface area contributed by atoms with E-state index >= 15 is 0 Å². The van der Waals surface area contributed by atoms with Gasteiger partial charge >= 0.3 is 0 Å². The van der Waals surface area contributed by atoms with Crippen molar-refractivity contribution < 1.29 is 5.11 Å². The first-order valence-corrected chi connectivity index (χ1v) is 6.03. The number of hydrogen-bond donors (Lipinski definition) is 1. The average Bonchev–Trinajstić information content (AvgIpc) is 2.64. The number of aliphatic hydroxyl groups excluding tert-OH is 1. The Morgan fingerprint density at radius 2 is 1.94 bits per heavy atom. The van der Waals surface area contributed by atoms with Gasteiger partial charge in [0.05, 0.1) is 10.6 Å². The molecular formula is C13H15NOS. The second-order valence-electron chi connectivity index (χ2n) is 4.13. The van der Waals surface area contributed by atoms with Crippen LogP contribution in [0.3, 0.4) is 0 Å². The minimum atomic E-state index is -0.549. The van der Waals surface area contributed by atoms with E-state index in [9.17, 15) is 5.11 Å². The molecule has 0 spiro atoms. The van der Waals surface area contributed by atoms with Crippen molar-refractivity contribution in [2.45, 2.75) is 26.9 Å². The highest BCUT2D eigenvalue weighted by molar-refractivity contribution is 7.05. The van der Waals surface area contributed by atoms with Crippen LogP contribution in [0, 0.1) is 20.8 Å². The van der Waals surface area contributed by atoms with Crippen molar-refractivity contribution in [3.05, 3.63) is 51.5 Å². The summed E-state index contributed by atoms with van der Waals surface area (Å²) in [6, 6.07) is 8.05. The molecule has 1 N–H and O–H groups in total. The molecular weight excluding hydrogens is 218 g/mol. The van der Waals surface area contributed by atoms with Crippen LogP contribution in [0.15, 0.2) is 24.3 Å². The van der Waals surface area contributed by atoms with Crippen molar-refractivity contribution in [1.29, 1.82) is 0 Å². The molecule has 16 heavy (non-hydrogen) atoms. The number of rotatable bonds is 2. The monoisotopic (exact) mass is 233 g/mol. The van der Waals surface area contributed by atoms with Gasteiger partial charge in [-0.3, -0.25) is 0 Å². The van der Waals surface area contributed by atoms with Crippen LogP contribution in [0.5, 0.6) is 0 Å². The molecule has 0 amide bonds. The highest BCUT2D eigenvalue weighted by Gasteiger charge is 2.15. The molecule has 0 aliphatic carbocycles. The van der Waals surface area contributed by atoms with Gasteiger partial charge < -0.3 is 5.11 Å². The zero-order valence-corrected chi connectivity index (χ0v) is 10.5. The number of aromatic nitrogens is 1. The van der Waals surface area contributed by atoms with Crippen molar-refractivity contribution in [2.75, 3.05) is 0 Å². The fraction of sp³-hybridized carbons (Fsp3) is 0.308. The maximum Gasteiger partial charge on any atom is 0.115 e. The van der Waals surface area contributed by atoms with Gasteiger partial charge in [0.25, 0.3) is 0 Å². The Morgan fingerprint density at radius 1 is 1.19 bits per heavy atom. The van der Waals surface area contributed by atoms with Crippen LogP contribution < -0.4 is 0 Å². The van der Waals surface area contributed by atoms with E-state index in [1.54, 1.807) is 0 Å². The Morgan fingerprint density at radius 3 is 2.50 bits per heavy atom. The molecule has 1 aromatic carbocycles. The second kappa shape index (κ2) is 4.36. The van der Waals surface area contributed by atoms with E-state index < -0.39 is 6.10 Å². The summed E-state index contributed by atoms with van der Waals surface area (Å²) in [5.41, 5.74) is 4.27. The largest absolute Gasteiger partial charge is 0.383 e. The highest BCUT2D eigenvalue weighted by atomic mass is 32.1. The standard InChI is InChI=1S/C13H15NOS/c1-8-4-5-11(9(2)6-8)13(15)12-7-10(3)14-16-12/h4-7,13,15H,1-3H3/t13-/m0/s1. The number of hydrogen-bond acceptors (Lipinski definition) is 3. The van der Waals surface area contributed by atoms with Crippen LogP contribution >= 0.6 is 11.5 Å². The predicted molar refractivity (Wildman–Crippen MR) is 66.8 cm³/mol. The molecule has 1 aromatic heterocycles. The van der Waals surface area contributed by atoms with E-state index in [1.165, 1.54) is 17.1 Å². The highest BCUT2D eigenvalue weighted by Crippen LogP contribution is 2.28. The Labute approximate surface area is 99.7 Å². The van der Waals surface area contributed by atoms with E-state index in [2.05, 4.69) is 17.4 Å². The molecule has 2 nitrogen and oxygen atoms in total. The summed E-state index contributed by atoms with van der Waals surface area (Å²) in [4.78, 5) is 0.907. The van der Waals surface area contributed by atoms with Crippen LogP contribution in [0.4, 0.5) is 0 Å². The molecule has 0 bridgehead atoms. The van der Waals surface area contributed by atoms with Crippen molar-refractivity contribution in [2.24, 2.45) is 0 Å². The van der Waals surface area contributed by atoms with E-state index in [1.807, 2.05) is 32.0 Å². The molecule has 1 heterocycles. The van der Waals surface area contributed by atoms with Crippen molar-refractivity contribution >= 4 is 11.5 Å². The lowest BCUT2D eigenvalue weighted by Crippen LogP contribution is -2.00. The van der Waals surface area contributed by atoms with Crippen molar-refractivity contribution in [3.8, 4) is 0 Å². The Hall–Kier alpha value is -1.19. The third-order valence-electron chi connectivity index (χ3n) is 2.64. The van der Waals surface area contributed by atoms with Crippen molar-refractivity contribution in [3.63, 3.8) is 0 Å². The normalized spacial score (nSPS) is 12.8. The average molecular weight is 233 g/mol. The minimum absolute atomic E-state index is 0.549. The first-order valence-electron chi connectivity index (χ1n) is 5.26. The third-order valence-corrected chi connectivity index (χ3v) is 3.57. The zero-order chi connectivity index (χ0) is 11.7. The van der Waals surface area contributed by atoms with E-state index in [0.717, 1.165) is 21.7 Å². The smallest absolute Gasteiger partial charge is 0.115 e. The first-order chi connectivity index (χ1) is 7.58. The Bertz CT molecular complexity index is 504. The molecule has 0 aliphatic rings. The van der Waals surface area contributed by atoms with Gasteiger partial charge in [-0.25, -0.2) is 0 Å². The van der Waals surface area contributed by atoms with Gasteiger partial charge in [-0.2, -0.15) is 4.37 Å². The van der Waals surface area contributed by atoms with Gasteiger partial charge in [0.2, 0.25) is 0 Å². The summed E-state index contributed by atoms with van der Waals surface area (Å²) in [6.45, 7) is 6.02. The van der Waals surface area contributed by atoms with Crippen molar-refractivity contribution in [1.82, 2.24) is 4.37 Å². The van der Waals surface area contributed by atoms with E-state index in [-0.39, 0.29) is 0 Å². The fourth-order valence-electron chi connectivity index (χ4n) is 1.80.